The molecule has 0 spiro atoms. The molecular formula is C36H50N4O6S. The Morgan fingerprint density at radius 2 is 1.55 bits per heavy atom. The minimum Gasteiger partial charge on any atom is -0.453 e. The molecule has 256 valence electrons. The standard InChI is InChI=1S/C36H50N4O6S/c1-25(24-47(6,44)45)23-38-31(21-26-12-8-7-9-13-26)32(41)22-29(39-34(42)33(36(2,3)4)40-35(43)46-5)20-27-15-17-28(18-16-27)30-14-10-11-19-37-30/h7-19,25,29,31-33,38,41H,20-24H2,1-6H3,(H,39,42)(H,40,43)/t25-,29-,31-,32-,33+/m0/s1. The Morgan fingerprint density at radius 1 is 0.915 bits per heavy atom. The molecule has 0 aliphatic rings. The van der Waals surface area contributed by atoms with Gasteiger partial charge in [-0.2, -0.15) is 0 Å². The number of ether oxygens (including phenoxy) is 1. The van der Waals surface area contributed by atoms with Crippen LogP contribution in [0.4, 0.5) is 4.79 Å². The largest absolute Gasteiger partial charge is 0.453 e. The van der Waals surface area contributed by atoms with Crippen molar-refractivity contribution >= 4 is 21.8 Å². The average molecular weight is 667 g/mol. The molecule has 0 fully saturated rings. The van der Waals surface area contributed by atoms with Gasteiger partial charge in [-0.25, -0.2) is 13.2 Å². The van der Waals surface area contributed by atoms with Crippen LogP contribution in [0.3, 0.4) is 0 Å². The first-order valence-electron chi connectivity index (χ1n) is 15.9. The normalized spacial score (nSPS) is 15.1. The lowest BCUT2D eigenvalue weighted by molar-refractivity contribution is -0.126. The van der Waals surface area contributed by atoms with Crippen LogP contribution < -0.4 is 16.0 Å². The van der Waals surface area contributed by atoms with Gasteiger partial charge in [0, 0.05) is 30.1 Å². The number of carbonyl (C=O) groups excluding carboxylic acids is 2. The lowest BCUT2D eigenvalue weighted by atomic mass is 9.85. The summed E-state index contributed by atoms with van der Waals surface area (Å²) in [4.78, 5) is 30.3. The van der Waals surface area contributed by atoms with E-state index in [9.17, 15) is 23.1 Å². The first-order valence-corrected chi connectivity index (χ1v) is 18.0. The molecule has 3 rings (SSSR count). The number of aliphatic hydroxyl groups excluding tert-OH is 1. The number of pyridine rings is 1. The molecule has 0 radical (unpaired) electrons. The number of amides is 2. The average Bonchev–Trinajstić information content (AvgIpc) is 3.01. The van der Waals surface area contributed by atoms with Crippen molar-refractivity contribution in [3.63, 3.8) is 0 Å². The van der Waals surface area contributed by atoms with Crippen molar-refractivity contribution in [2.24, 2.45) is 11.3 Å². The number of methoxy groups -OCH3 is 1. The third kappa shape index (κ3) is 13.1. The maximum atomic E-state index is 13.7. The van der Waals surface area contributed by atoms with E-state index in [1.807, 2.05) is 100 Å². The molecule has 47 heavy (non-hydrogen) atoms. The number of benzene rings is 2. The van der Waals surface area contributed by atoms with E-state index in [-0.39, 0.29) is 24.0 Å². The molecular weight excluding hydrogens is 616 g/mol. The number of sulfone groups is 1. The highest BCUT2D eigenvalue weighted by Crippen LogP contribution is 2.22. The monoisotopic (exact) mass is 666 g/mol. The second-order valence-electron chi connectivity index (χ2n) is 13.5. The zero-order valence-electron chi connectivity index (χ0n) is 28.3. The molecule has 0 aliphatic carbocycles. The second kappa shape index (κ2) is 17.4. The molecule has 2 amide bonds. The molecule has 4 N–H and O–H groups in total. The van der Waals surface area contributed by atoms with Gasteiger partial charge in [-0.1, -0.05) is 88.4 Å². The number of rotatable bonds is 16. The summed E-state index contributed by atoms with van der Waals surface area (Å²) in [5, 5.41) is 20.9. The van der Waals surface area contributed by atoms with Gasteiger partial charge in [0.2, 0.25) is 5.91 Å². The Morgan fingerprint density at radius 3 is 2.13 bits per heavy atom. The summed E-state index contributed by atoms with van der Waals surface area (Å²) in [6, 6.07) is 21.6. The van der Waals surface area contributed by atoms with Crippen LogP contribution in [-0.4, -0.2) is 80.4 Å². The molecule has 0 saturated heterocycles. The van der Waals surface area contributed by atoms with Crippen molar-refractivity contribution in [2.75, 3.05) is 25.7 Å². The summed E-state index contributed by atoms with van der Waals surface area (Å²) in [7, 11) is -1.91. The molecule has 5 atom stereocenters. The number of carbonyl (C=O) groups is 2. The predicted molar refractivity (Wildman–Crippen MR) is 186 cm³/mol. The Balaban J connectivity index is 1.87. The van der Waals surface area contributed by atoms with Crippen molar-refractivity contribution in [2.45, 2.75) is 71.2 Å². The van der Waals surface area contributed by atoms with Crippen molar-refractivity contribution in [1.82, 2.24) is 20.9 Å². The van der Waals surface area contributed by atoms with Gasteiger partial charge in [0.25, 0.3) is 0 Å². The van der Waals surface area contributed by atoms with Crippen LogP contribution in [0.5, 0.6) is 0 Å². The van der Waals surface area contributed by atoms with E-state index < -0.39 is 45.6 Å². The number of aliphatic hydroxyl groups is 1. The van der Waals surface area contributed by atoms with Crippen LogP contribution >= 0.6 is 0 Å². The molecule has 2 aromatic carbocycles. The second-order valence-corrected chi connectivity index (χ2v) is 15.6. The van der Waals surface area contributed by atoms with E-state index in [0.717, 1.165) is 22.4 Å². The van der Waals surface area contributed by atoms with Crippen LogP contribution in [0.25, 0.3) is 11.3 Å². The SMILES string of the molecule is COC(=O)N[C@H](C(=O)N[C@@H](Cc1ccc(-c2ccccn2)cc1)C[C@H](O)[C@H](Cc1ccccc1)NC[C@H](C)CS(C)(=O)=O)C(C)(C)C. The molecule has 11 heteroatoms. The fourth-order valence-electron chi connectivity index (χ4n) is 5.56. The minimum atomic E-state index is -3.16. The van der Waals surface area contributed by atoms with E-state index >= 15 is 0 Å². The van der Waals surface area contributed by atoms with Gasteiger partial charge in [0.15, 0.2) is 0 Å². The Kier molecular flexibility index (Phi) is 13.9. The quantitative estimate of drug-likeness (QED) is 0.178. The zero-order chi connectivity index (χ0) is 34.6. The lowest BCUT2D eigenvalue weighted by Crippen LogP contribution is -2.56. The first kappa shape index (κ1) is 37.7. The number of nitrogens with one attached hydrogen (secondary N) is 3. The fraction of sp³-hybridized carbons (Fsp3) is 0.472. The summed E-state index contributed by atoms with van der Waals surface area (Å²) in [6.45, 7) is 7.81. The van der Waals surface area contributed by atoms with E-state index in [0.29, 0.717) is 19.4 Å². The third-order valence-corrected chi connectivity index (χ3v) is 9.10. The summed E-state index contributed by atoms with van der Waals surface area (Å²) < 4.78 is 28.6. The highest BCUT2D eigenvalue weighted by molar-refractivity contribution is 7.90. The molecule has 0 saturated carbocycles. The van der Waals surface area contributed by atoms with E-state index in [4.69, 9.17) is 4.74 Å². The Labute approximate surface area is 279 Å². The molecule has 1 heterocycles. The molecule has 0 bridgehead atoms. The maximum absolute atomic E-state index is 13.7. The third-order valence-electron chi connectivity index (χ3n) is 7.92. The Hall–Kier alpha value is -3.80. The topological polar surface area (TPSA) is 147 Å². The zero-order valence-corrected chi connectivity index (χ0v) is 29.1. The van der Waals surface area contributed by atoms with Crippen LogP contribution in [0.1, 0.15) is 45.2 Å². The highest BCUT2D eigenvalue weighted by Gasteiger charge is 2.35. The summed E-state index contributed by atoms with van der Waals surface area (Å²) in [5.41, 5.74) is 3.14. The van der Waals surface area contributed by atoms with Gasteiger partial charge in [-0.3, -0.25) is 9.78 Å². The van der Waals surface area contributed by atoms with E-state index in [1.54, 1.807) is 6.20 Å². The number of hydrogen-bond acceptors (Lipinski definition) is 8. The fourth-order valence-corrected chi connectivity index (χ4v) is 6.71. The minimum absolute atomic E-state index is 0.0305. The molecule has 0 unspecified atom stereocenters. The van der Waals surface area contributed by atoms with Crippen LogP contribution in [0.2, 0.25) is 0 Å². The Bertz CT molecular complexity index is 1510. The maximum Gasteiger partial charge on any atom is 0.407 e. The highest BCUT2D eigenvalue weighted by atomic mass is 32.2. The molecule has 10 nitrogen and oxygen atoms in total. The molecule has 1 aromatic heterocycles. The van der Waals surface area contributed by atoms with Gasteiger partial charge >= 0.3 is 6.09 Å². The molecule has 3 aromatic rings. The van der Waals surface area contributed by atoms with Crippen molar-refractivity contribution < 1.29 is 27.9 Å². The van der Waals surface area contributed by atoms with Gasteiger partial charge < -0.3 is 25.8 Å². The van der Waals surface area contributed by atoms with E-state index in [1.165, 1.54) is 13.4 Å². The summed E-state index contributed by atoms with van der Waals surface area (Å²) >= 11 is 0. The van der Waals surface area contributed by atoms with Crippen LogP contribution in [-0.2, 0) is 32.2 Å². The smallest absolute Gasteiger partial charge is 0.407 e. The first-order chi connectivity index (χ1) is 22.1. The summed E-state index contributed by atoms with van der Waals surface area (Å²) in [6.07, 6.45) is 2.47. The van der Waals surface area contributed by atoms with Gasteiger partial charge in [-0.05, 0) is 60.4 Å². The van der Waals surface area contributed by atoms with Crippen molar-refractivity contribution in [3.05, 3.63) is 90.1 Å². The predicted octanol–water partition coefficient (Wildman–Crippen LogP) is 4.18. The number of hydrogen-bond donors (Lipinski definition) is 4. The number of nitrogens with zero attached hydrogens (tertiary/aromatic N) is 1. The van der Waals surface area contributed by atoms with Crippen molar-refractivity contribution in [3.8, 4) is 11.3 Å². The van der Waals surface area contributed by atoms with E-state index in [2.05, 4.69) is 20.9 Å². The van der Waals surface area contributed by atoms with Crippen LogP contribution in [0, 0.1) is 11.3 Å². The van der Waals surface area contributed by atoms with Crippen LogP contribution in [0.15, 0.2) is 79.0 Å². The number of alkyl carbamates (subject to hydrolysis) is 1. The lowest BCUT2D eigenvalue weighted by Gasteiger charge is -2.33. The van der Waals surface area contributed by atoms with Gasteiger partial charge in [0.05, 0.1) is 24.7 Å². The molecule has 0 aliphatic heterocycles. The van der Waals surface area contributed by atoms with Gasteiger partial charge in [-0.15, -0.1) is 0 Å². The summed E-state index contributed by atoms with van der Waals surface area (Å²) in [5.74, 6) is -0.525. The van der Waals surface area contributed by atoms with Crippen molar-refractivity contribution in [1.29, 1.82) is 0 Å². The van der Waals surface area contributed by atoms with Gasteiger partial charge in [0.1, 0.15) is 15.9 Å². The number of aromatic nitrogens is 1.